The summed E-state index contributed by atoms with van der Waals surface area (Å²) in [6.45, 7) is 5.47. The van der Waals surface area contributed by atoms with Gasteiger partial charge in [-0.25, -0.2) is 0 Å². The molecular weight excluding hydrogens is 453 g/mol. The molecular formula is C17H16IN3O3S. The summed E-state index contributed by atoms with van der Waals surface area (Å²) in [6, 6.07) is 8.34. The predicted octanol–water partition coefficient (Wildman–Crippen LogP) is 4.25. The van der Waals surface area contributed by atoms with E-state index in [1.807, 2.05) is 26.0 Å². The van der Waals surface area contributed by atoms with Gasteiger partial charge in [0.15, 0.2) is 5.11 Å². The van der Waals surface area contributed by atoms with Gasteiger partial charge < -0.3 is 5.32 Å². The Morgan fingerprint density at radius 2 is 1.88 bits per heavy atom. The number of carbonyl (C=O) groups excluding carboxylic acids is 1. The molecule has 0 aromatic heterocycles. The zero-order valence-corrected chi connectivity index (χ0v) is 16.8. The van der Waals surface area contributed by atoms with Gasteiger partial charge in [-0.3, -0.25) is 20.2 Å². The monoisotopic (exact) mass is 469 g/mol. The average Bonchev–Trinajstić information content (AvgIpc) is 2.52. The first-order chi connectivity index (χ1) is 11.7. The van der Waals surface area contributed by atoms with Gasteiger partial charge >= 0.3 is 0 Å². The number of nitrogens with one attached hydrogen (secondary N) is 2. The molecule has 0 aliphatic rings. The lowest BCUT2D eigenvalue weighted by Crippen LogP contribution is -2.34. The molecule has 0 heterocycles. The fraction of sp³-hybridized carbons (Fsp3) is 0.176. The summed E-state index contributed by atoms with van der Waals surface area (Å²) in [4.78, 5) is 22.9. The molecule has 130 valence electrons. The number of amides is 1. The highest BCUT2D eigenvalue weighted by atomic mass is 127. The maximum Gasteiger partial charge on any atom is 0.273 e. The number of nitro benzene ring substituents is 1. The van der Waals surface area contributed by atoms with E-state index in [0.29, 0.717) is 5.56 Å². The third kappa shape index (κ3) is 4.51. The van der Waals surface area contributed by atoms with Gasteiger partial charge in [-0.1, -0.05) is 6.07 Å². The number of carbonyl (C=O) groups is 1. The summed E-state index contributed by atoms with van der Waals surface area (Å²) in [5, 5.41) is 16.7. The van der Waals surface area contributed by atoms with Crippen molar-refractivity contribution in [1.29, 1.82) is 0 Å². The van der Waals surface area contributed by atoms with E-state index in [0.717, 1.165) is 20.4 Å². The van der Waals surface area contributed by atoms with Crippen LogP contribution in [0.3, 0.4) is 0 Å². The summed E-state index contributed by atoms with van der Waals surface area (Å²) in [5.74, 6) is -0.487. The summed E-state index contributed by atoms with van der Waals surface area (Å²) in [5.41, 5.74) is 3.31. The van der Waals surface area contributed by atoms with E-state index >= 15 is 0 Å². The fourth-order valence-corrected chi connectivity index (χ4v) is 3.13. The van der Waals surface area contributed by atoms with Gasteiger partial charge in [-0.2, -0.15) is 0 Å². The van der Waals surface area contributed by atoms with E-state index < -0.39 is 10.8 Å². The molecule has 0 bridgehead atoms. The summed E-state index contributed by atoms with van der Waals surface area (Å²) >= 11 is 7.45. The van der Waals surface area contributed by atoms with Crippen molar-refractivity contribution >= 4 is 57.2 Å². The molecule has 0 fully saturated rings. The first-order valence-electron chi connectivity index (χ1n) is 7.33. The van der Waals surface area contributed by atoms with Crippen LogP contribution in [0.15, 0.2) is 30.3 Å². The summed E-state index contributed by atoms with van der Waals surface area (Å²) in [7, 11) is 0. The van der Waals surface area contributed by atoms with Gasteiger partial charge in [0, 0.05) is 26.5 Å². The molecule has 2 N–H and O–H groups in total. The number of nitro groups is 1. The van der Waals surface area contributed by atoms with Crippen LogP contribution in [0, 0.1) is 34.5 Å². The van der Waals surface area contributed by atoms with Crippen LogP contribution in [0.4, 0.5) is 11.4 Å². The Hall–Kier alpha value is -2.07. The smallest absolute Gasteiger partial charge is 0.273 e. The number of benzene rings is 2. The molecule has 0 atom stereocenters. The second-order valence-corrected chi connectivity index (χ2v) is 7.10. The minimum absolute atomic E-state index is 0.101. The molecule has 0 unspecified atom stereocenters. The first-order valence-corrected chi connectivity index (χ1v) is 8.82. The van der Waals surface area contributed by atoms with E-state index in [4.69, 9.17) is 12.2 Å². The van der Waals surface area contributed by atoms with Gasteiger partial charge in [-0.15, -0.1) is 0 Å². The molecule has 25 heavy (non-hydrogen) atoms. The molecule has 0 saturated heterocycles. The van der Waals surface area contributed by atoms with Crippen molar-refractivity contribution in [2.45, 2.75) is 20.8 Å². The van der Waals surface area contributed by atoms with E-state index in [1.54, 1.807) is 0 Å². The molecule has 0 aliphatic heterocycles. The summed E-state index contributed by atoms with van der Waals surface area (Å²) in [6.07, 6.45) is 0. The lowest BCUT2D eigenvalue weighted by atomic mass is 10.1. The molecule has 1 amide bonds. The van der Waals surface area contributed by atoms with Crippen molar-refractivity contribution in [2.75, 3.05) is 5.32 Å². The molecule has 0 spiro atoms. The van der Waals surface area contributed by atoms with E-state index in [1.165, 1.54) is 25.1 Å². The zero-order valence-electron chi connectivity index (χ0n) is 13.8. The Morgan fingerprint density at radius 1 is 1.20 bits per heavy atom. The third-order valence-electron chi connectivity index (χ3n) is 3.73. The van der Waals surface area contributed by atoms with Gasteiger partial charge in [0.05, 0.1) is 4.92 Å². The highest BCUT2D eigenvalue weighted by molar-refractivity contribution is 14.1. The van der Waals surface area contributed by atoms with Crippen LogP contribution in [0.25, 0.3) is 0 Å². The number of rotatable bonds is 3. The molecule has 0 radical (unpaired) electrons. The Bertz CT molecular complexity index is 884. The number of anilines is 1. The standard InChI is InChI=1S/C17H16IN3O3S/c1-9-8-14(10(2)7-13(9)18)19-17(25)20-16(22)12-5-4-6-15(11(12)3)21(23)24/h4-8H,1-3H3,(H2,19,20,22,25). The van der Waals surface area contributed by atoms with Crippen molar-refractivity contribution in [3.05, 3.63) is 66.3 Å². The highest BCUT2D eigenvalue weighted by Gasteiger charge is 2.18. The number of halogens is 1. The van der Waals surface area contributed by atoms with E-state index in [9.17, 15) is 14.9 Å². The molecule has 2 aromatic rings. The Balaban J connectivity index is 2.16. The van der Waals surface area contributed by atoms with Gasteiger partial charge in [0.2, 0.25) is 0 Å². The number of nitrogens with zero attached hydrogens (tertiary/aromatic N) is 1. The summed E-state index contributed by atoms with van der Waals surface area (Å²) < 4.78 is 1.14. The van der Waals surface area contributed by atoms with E-state index in [-0.39, 0.29) is 16.4 Å². The maximum atomic E-state index is 12.4. The van der Waals surface area contributed by atoms with Crippen LogP contribution in [-0.2, 0) is 0 Å². The van der Waals surface area contributed by atoms with Gasteiger partial charge in [0.25, 0.3) is 11.6 Å². The van der Waals surface area contributed by atoms with Crippen LogP contribution < -0.4 is 10.6 Å². The lowest BCUT2D eigenvalue weighted by molar-refractivity contribution is -0.385. The number of aryl methyl sites for hydroxylation is 2. The quantitative estimate of drug-likeness (QED) is 0.304. The molecule has 0 aliphatic carbocycles. The Morgan fingerprint density at radius 3 is 2.52 bits per heavy atom. The van der Waals surface area contributed by atoms with Crippen LogP contribution in [0.1, 0.15) is 27.0 Å². The molecule has 0 saturated carbocycles. The third-order valence-corrected chi connectivity index (χ3v) is 5.09. The molecule has 2 rings (SSSR count). The maximum absolute atomic E-state index is 12.4. The second-order valence-electron chi connectivity index (χ2n) is 5.53. The largest absolute Gasteiger partial charge is 0.332 e. The van der Waals surface area contributed by atoms with Crippen molar-refractivity contribution in [2.24, 2.45) is 0 Å². The average molecular weight is 469 g/mol. The first kappa shape index (κ1) is 19.3. The minimum Gasteiger partial charge on any atom is -0.332 e. The van der Waals surface area contributed by atoms with Crippen LogP contribution >= 0.6 is 34.8 Å². The Kier molecular flexibility index (Phi) is 6.07. The Labute approximate surface area is 164 Å². The van der Waals surface area contributed by atoms with Gasteiger partial charge in [0.1, 0.15) is 0 Å². The number of thiocarbonyl (C=S) groups is 1. The second kappa shape index (κ2) is 7.87. The van der Waals surface area contributed by atoms with Crippen molar-refractivity contribution < 1.29 is 9.72 Å². The van der Waals surface area contributed by atoms with E-state index in [2.05, 4.69) is 33.2 Å². The molecule has 2 aromatic carbocycles. The normalized spacial score (nSPS) is 10.2. The topological polar surface area (TPSA) is 84.3 Å². The molecule has 8 heteroatoms. The van der Waals surface area contributed by atoms with Crippen LogP contribution in [0.5, 0.6) is 0 Å². The molecule has 6 nitrogen and oxygen atoms in total. The zero-order chi connectivity index (χ0) is 18.7. The fourth-order valence-electron chi connectivity index (χ4n) is 2.31. The van der Waals surface area contributed by atoms with Gasteiger partial charge in [-0.05, 0) is 84.9 Å². The van der Waals surface area contributed by atoms with Crippen molar-refractivity contribution in [3.8, 4) is 0 Å². The lowest BCUT2D eigenvalue weighted by Gasteiger charge is -2.14. The van der Waals surface area contributed by atoms with Crippen molar-refractivity contribution in [1.82, 2.24) is 5.32 Å². The van der Waals surface area contributed by atoms with Crippen LogP contribution in [-0.4, -0.2) is 15.9 Å². The SMILES string of the molecule is Cc1cc(NC(=S)NC(=O)c2cccc([N+](=O)[O-])c2C)c(C)cc1I. The highest BCUT2D eigenvalue weighted by Crippen LogP contribution is 2.23. The number of hydrogen-bond donors (Lipinski definition) is 2. The number of hydrogen-bond acceptors (Lipinski definition) is 4. The van der Waals surface area contributed by atoms with Crippen LogP contribution in [0.2, 0.25) is 0 Å². The predicted molar refractivity (Wildman–Crippen MR) is 110 cm³/mol. The van der Waals surface area contributed by atoms with Crippen molar-refractivity contribution in [3.63, 3.8) is 0 Å². The minimum atomic E-state index is -0.513.